The predicted molar refractivity (Wildman–Crippen MR) is 86.3 cm³/mol. The van der Waals surface area contributed by atoms with Crippen molar-refractivity contribution in [3.05, 3.63) is 28.3 Å². The summed E-state index contributed by atoms with van der Waals surface area (Å²) in [6.07, 6.45) is 4.28. The molecule has 1 spiro atoms. The number of aromatic hydroxyl groups is 1. The maximum Gasteiger partial charge on any atom is 0.296 e. The van der Waals surface area contributed by atoms with Crippen molar-refractivity contribution in [2.75, 3.05) is 4.90 Å². The summed E-state index contributed by atoms with van der Waals surface area (Å²) in [6, 6.07) is 3.94. The molecule has 1 aromatic carbocycles. The maximum absolute atomic E-state index is 11.4. The maximum atomic E-state index is 11.4. The van der Waals surface area contributed by atoms with E-state index in [0.29, 0.717) is 12.8 Å². The van der Waals surface area contributed by atoms with Crippen LogP contribution in [0.5, 0.6) is 5.75 Å². The van der Waals surface area contributed by atoms with Gasteiger partial charge in [-0.3, -0.25) is 15.0 Å². The molecular weight excluding hydrogens is 300 g/mol. The minimum absolute atomic E-state index is 0.0770. The molecule has 1 aromatic rings. The highest BCUT2D eigenvalue weighted by Gasteiger charge is 2.44. The van der Waals surface area contributed by atoms with Crippen LogP contribution in [0.4, 0.5) is 11.4 Å². The number of nitro groups is 1. The van der Waals surface area contributed by atoms with Crippen molar-refractivity contribution in [3.63, 3.8) is 0 Å². The predicted octanol–water partition coefficient (Wildman–Crippen LogP) is 1.41. The Morgan fingerprint density at radius 2 is 1.96 bits per heavy atom. The lowest BCUT2D eigenvalue weighted by atomic mass is 9.87. The molecule has 9 nitrogen and oxygen atoms in total. The van der Waals surface area contributed by atoms with Gasteiger partial charge in [0.25, 0.3) is 5.69 Å². The first-order chi connectivity index (χ1) is 10.9. The average molecular weight is 318 g/mol. The smallest absolute Gasteiger partial charge is 0.296 e. The van der Waals surface area contributed by atoms with Gasteiger partial charge in [-0.1, -0.05) is 6.42 Å². The van der Waals surface area contributed by atoms with Gasteiger partial charge in [0, 0.05) is 0 Å². The molecule has 0 bridgehead atoms. The average Bonchev–Trinajstić information content (AvgIpc) is 2.48. The van der Waals surface area contributed by atoms with E-state index in [1.165, 1.54) is 12.1 Å². The summed E-state index contributed by atoms with van der Waals surface area (Å²) in [6.45, 7) is 0. The number of hydrogen-bond donors (Lipinski definition) is 3. The molecule has 3 rings (SSSR count). The summed E-state index contributed by atoms with van der Waals surface area (Å²) in [7, 11) is 0. The van der Waals surface area contributed by atoms with Gasteiger partial charge in [0.1, 0.15) is 17.1 Å². The Kier molecular flexibility index (Phi) is 3.55. The van der Waals surface area contributed by atoms with Gasteiger partial charge in [0.05, 0.1) is 11.0 Å². The molecule has 5 N–H and O–H groups in total. The lowest BCUT2D eigenvalue weighted by Crippen LogP contribution is -2.58. The summed E-state index contributed by atoms with van der Waals surface area (Å²) in [5, 5.41) is 20.9. The lowest BCUT2D eigenvalue weighted by Gasteiger charge is -2.45. The fourth-order valence-electron chi connectivity index (χ4n) is 3.32. The van der Waals surface area contributed by atoms with Crippen LogP contribution in [0.3, 0.4) is 0 Å². The van der Waals surface area contributed by atoms with Gasteiger partial charge in [-0.15, -0.1) is 0 Å². The fourth-order valence-corrected chi connectivity index (χ4v) is 3.32. The number of nitrogens with zero attached hydrogens (tertiary/aromatic N) is 4. The number of phenolic OH excluding ortho intramolecular Hbond substituents is 1. The van der Waals surface area contributed by atoms with E-state index >= 15 is 0 Å². The summed E-state index contributed by atoms with van der Waals surface area (Å²) < 4.78 is 0. The monoisotopic (exact) mass is 318 g/mol. The second-order valence-corrected chi connectivity index (χ2v) is 5.75. The van der Waals surface area contributed by atoms with E-state index in [-0.39, 0.29) is 29.0 Å². The van der Waals surface area contributed by atoms with Crippen LogP contribution in [0, 0.1) is 10.1 Å². The van der Waals surface area contributed by atoms with Crippen LogP contribution >= 0.6 is 0 Å². The van der Waals surface area contributed by atoms with Crippen LogP contribution in [0.1, 0.15) is 32.1 Å². The fraction of sp³-hybridized carbons (Fsp3) is 0.429. The molecule has 0 amide bonds. The van der Waals surface area contributed by atoms with E-state index in [1.807, 2.05) is 0 Å². The highest BCUT2D eigenvalue weighted by molar-refractivity contribution is 6.06. The van der Waals surface area contributed by atoms with Crippen molar-refractivity contribution in [3.8, 4) is 5.75 Å². The molecule has 9 heteroatoms. The Labute approximate surface area is 132 Å². The van der Waals surface area contributed by atoms with Crippen molar-refractivity contribution in [2.24, 2.45) is 21.5 Å². The molecule has 1 aliphatic carbocycles. The van der Waals surface area contributed by atoms with E-state index in [1.54, 1.807) is 4.90 Å². The number of anilines is 1. The van der Waals surface area contributed by atoms with E-state index < -0.39 is 10.6 Å². The third-order valence-electron chi connectivity index (χ3n) is 4.25. The Morgan fingerprint density at radius 3 is 2.61 bits per heavy atom. The number of hydrogen-bond acceptors (Lipinski definition) is 8. The van der Waals surface area contributed by atoms with Crippen LogP contribution in [0.15, 0.2) is 28.2 Å². The zero-order valence-corrected chi connectivity index (χ0v) is 12.5. The topological polar surface area (TPSA) is 143 Å². The molecule has 1 aliphatic heterocycles. The first-order valence-electron chi connectivity index (χ1n) is 7.40. The Balaban J connectivity index is 2.16. The second-order valence-electron chi connectivity index (χ2n) is 5.75. The Hall–Kier alpha value is -2.84. The highest BCUT2D eigenvalue weighted by Crippen LogP contribution is 2.43. The van der Waals surface area contributed by atoms with Gasteiger partial charge < -0.3 is 16.6 Å². The molecule has 1 saturated carbocycles. The third-order valence-corrected chi connectivity index (χ3v) is 4.25. The Morgan fingerprint density at radius 1 is 1.26 bits per heavy atom. The first kappa shape index (κ1) is 15.1. The standard InChI is InChI=1S/C14H18N6O3/c15-12-17-13(16)19(14(18-12)6-2-1-3-7-14)10-5-4-9(21)8-11(10)20(22)23/h4-5,8,21H,1-3,6-7H2,(H4,15,16,17,18). The molecule has 0 saturated heterocycles. The molecule has 0 atom stereocenters. The minimum atomic E-state index is -0.754. The van der Waals surface area contributed by atoms with E-state index in [9.17, 15) is 15.2 Å². The van der Waals surface area contributed by atoms with Crippen LogP contribution < -0.4 is 16.4 Å². The largest absolute Gasteiger partial charge is 0.508 e. The summed E-state index contributed by atoms with van der Waals surface area (Å²) >= 11 is 0. The van der Waals surface area contributed by atoms with E-state index in [4.69, 9.17) is 11.5 Å². The van der Waals surface area contributed by atoms with Crippen molar-refractivity contribution in [1.29, 1.82) is 0 Å². The van der Waals surface area contributed by atoms with Gasteiger partial charge in [0.2, 0.25) is 11.9 Å². The molecule has 2 aliphatic rings. The summed E-state index contributed by atoms with van der Waals surface area (Å²) in [4.78, 5) is 20.9. The second kappa shape index (κ2) is 5.41. The Bertz CT molecular complexity index is 708. The number of benzene rings is 1. The molecule has 0 radical (unpaired) electrons. The van der Waals surface area contributed by atoms with Gasteiger partial charge >= 0.3 is 0 Å². The van der Waals surface area contributed by atoms with Crippen molar-refractivity contribution >= 4 is 23.3 Å². The first-order valence-corrected chi connectivity index (χ1v) is 7.40. The number of rotatable bonds is 2. The summed E-state index contributed by atoms with van der Waals surface area (Å²) in [5.74, 6) is -0.0241. The molecule has 1 heterocycles. The number of phenols is 1. The van der Waals surface area contributed by atoms with Crippen molar-refractivity contribution < 1.29 is 10.0 Å². The zero-order chi connectivity index (χ0) is 16.6. The third kappa shape index (κ3) is 2.54. The molecule has 122 valence electrons. The molecule has 0 unspecified atom stereocenters. The van der Waals surface area contributed by atoms with Crippen LogP contribution in [-0.2, 0) is 0 Å². The summed E-state index contributed by atoms with van der Waals surface area (Å²) in [5.41, 5.74) is 11.1. The molecule has 1 fully saturated rings. The molecule has 0 aromatic heterocycles. The van der Waals surface area contributed by atoms with Crippen LogP contribution in [0.2, 0.25) is 0 Å². The molecule has 23 heavy (non-hydrogen) atoms. The van der Waals surface area contributed by atoms with Crippen LogP contribution in [-0.4, -0.2) is 27.6 Å². The van der Waals surface area contributed by atoms with Crippen molar-refractivity contribution in [1.82, 2.24) is 0 Å². The lowest BCUT2D eigenvalue weighted by molar-refractivity contribution is -0.384. The number of guanidine groups is 2. The number of aliphatic imine (C=N–C) groups is 2. The van der Waals surface area contributed by atoms with Gasteiger partial charge in [-0.05, 0) is 37.8 Å². The van der Waals surface area contributed by atoms with Gasteiger partial charge in [0.15, 0.2) is 0 Å². The quantitative estimate of drug-likeness (QED) is 0.555. The van der Waals surface area contributed by atoms with E-state index in [0.717, 1.165) is 25.3 Å². The van der Waals surface area contributed by atoms with Crippen LogP contribution in [0.25, 0.3) is 0 Å². The van der Waals surface area contributed by atoms with E-state index in [2.05, 4.69) is 9.98 Å². The minimum Gasteiger partial charge on any atom is -0.508 e. The zero-order valence-electron chi connectivity index (χ0n) is 12.5. The highest BCUT2D eigenvalue weighted by atomic mass is 16.6. The SMILES string of the molecule is NC1=NC2(CCCCC2)N(c2ccc(O)cc2[N+](=O)[O-])C(N)=N1. The van der Waals surface area contributed by atoms with Gasteiger partial charge in [-0.25, -0.2) is 4.99 Å². The normalized spacial score (nSPS) is 20.1. The number of nitro benzene ring substituents is 1. The molecular formula is C14H18N6O3. The number of nitrogens with two attached hydrogens (primary N) is 2. The van der Waals surface area contributed by atoms with Crippen molar-refractivity contribution in [2.45, 2.75) is 37.8 Å². The van der Waals surface area contributed by atoms with Gasteiger partial charge in [-0.2, -0.15) is 4.99 Å².